The fourth-order valence-corrected chi connectivity index (χ4v) is 2.29. The number of benzene rings is 1. The molecule has 0 aromatic heterocycles. The quantitative estimate of drug-likeness (QED) is 0.745. The van der Waals surface area contributed by atoms with Crippen molar-refractivity contribution in [2.24, 2.45) is 0 Å². The molecule has 0 atom stereocenters. The van der Waals surface area contributed by atoms with Crippen LogP contribution in [0, 0.1) is 11.6 Å². The Hall–Kier alpha value is -1.43. The second-order valence-electron chi connectivity index (χ2n) is 5.92. The summed E-state index contributed by atoms with van der Waals surface area (Å²) in [4.78, 5) is 13.2. The smallest absolute Gasteiger partial charge is 0.410 e. The van der Waals surface area contributed by atoms with Crippen LogP contribution in [-0.4, -0.2) is 29.7 Å². The molecule has 1 aromatic rings. The maximum Gasteiger partial charge on any atom is 0.410 e. The molecular formula is C15H16BrF2NO2. The summed E-state index contributed by atoms with van der Waals surface area (Å²) in [5.41, 5.74) is 0.138. The number of hydrogen-bond acceptors (Lipinski definition) is 2. The van der Waals surface area contributed by atoms with Gasteiger partial charge in [-0.2, -0.15) is 0 Å². The Kier molecular flexibility index (Phi) is 4.37. The van der Waals surface area contributed by atoms with Gasteiger partial charge in [0, 0.05) is 23.1 Å². The van der Waals surface area contributed by atoms with Crippen molar-refractivity contribution in [2.75, 3.05) is 13.1 Å². The van der Waals surface area contributed by atoms with E-state index in [0.29, 0.717) is 17.6 Å². The Labute approximate surface area is 130 Å². The summed E-state index contributed by atoms with van der Waals surface area (Å²) in [7, 11) is 0. The van der Waals surface area contributed by atoms with Gasteiger partial charge in [0.1, 0.15) is 17.2 Å². The van der Waals surface area contributed by atoms with Crippen LogP contribution in [0.2, 0.25) is 0 Å². The standard InChI is InChI=1S/C15H16BrF2NO2/c1-15(2,3)21-14(20)19-7-9(8-19)4-11-12(17)5-10(16)6-13(11)18/h4-6H,7-8H2,1-3H3. The molecule has 0 aliphatic carbocycles. The first-order valence-corrected chi connectivity index (χ1v) is 7.27. The molecule has 1 heterocycles. The average Bonchev–Trinajstić information content (AvgIpc) is 2.21. The third kappa shape index (κ3) is 4.03. The normalized spacial score (nSPS) is 14.8. The van der Waals surface area contributed by atoms with Gasteiger partial charge in [-0.05, 0) is 44.6 Å². The van der Waals surface area contributed by atoms with E-state index in [2.05, 4.69) is 15.9 Å². The summed E-state index contributed by atoms with van der Waals surface area (Å²) >= 11 is 3.03. The van der Waals surface area contributed by atoms with Crippen molar-refractivity contribution >= 4 is 28.1 Å². The van der Waals surface area contributed by atoms with Crippen molar-refractivity contribution in [3.63, 3.8) is 0 Å². The van der Waals surface area contributed by atoms with Gasteiger partial charge >= 0.3 is 6.09 Å². The predicted molar refractivity (Wildman–Crippen MR) is 79.8 cm³/mol. The molecule has 3 nitrogen and oxygen atoms in total. The van der Waals surface area contributed by atoms with Gasteiger partial charge in [0.2, 0.25) is 0 Å². The number of likely N-dealkylation sites (tertiary alicyclic amines) is 1. The summed E-state index contributed by atoms with van der Waals surface area (Å²) < 4.78 is 32.9. The zero-order valence-electron chi connectivity index (χ0n) is 12.0. The Bertz CT molecular complexity index is 577. The molecular weight excluding hydrogens is 344 g/mol. The lowest BCUT2D eigenvalue weighted by Gasteiger charge is -2.35. The van der Waals surface area contributed by atoms with Gasteiger partial charge in [-0.25, -0.2) is 13.6 Å². The molecule has 1 aliphatic rings. The molecule has 1 aromatic carbocycles. The first-order valence-electron chi connectivity index (χ1n) is 6.47. The number of nitrogens with zero attached hydrogens (tertiary/aromatic N) is 1. The van der Waals surface area contributed by atoms with Crippen LogP contribution in [-0.2, 0) is 4.74 Å². The molecule has 114 valence electrons. The number of halogens is 3. The maximum absolute atomic E-state index is 13.7. The van der Waals surface area contributed by atoms with Crippen LogP contribution in [0.1, 0.15) is 26.3 Å². The van der Waals surface area contributed by atoms with Gasteiger partial charge in [0.25, 0.3) is 0 Å². The number of amides is 1. The van der Waals surface area contributed by atoms with E-state index in [1.807, 2.05) is 0 Å². The first kappa shape index (κ1) is 15.9. The molecule has 1 fully saturated rings. The van der Waals surface area contributed by atoms with Crippen LogP contribution in [0.25, 0.3) is 6.08 Å². The van der Waals surface area contributed by atoms with Crippen molar-refractivity contribution in [3.05, 3.63) is 39.4 Å². The fraction of sp³-hybridized carbons (Fsp3) is 0.400. The second-order valence-corrected chi connectivity index (χ2v) is 6.84. The van der Waals surface area contributed by atoms with Crippen LogP contribution in [0.15, 0.2) is 22.2 Å². The second kappa shape index (κ2) is 5.75. The molecule has 1 amide bonds. The van der Waals surface area contributed by atoms with Crippen molar-refractivity contribution < 1.29 is 18.3 Å². The summed E-state index contributed by atoms with van der Waals surface area (Å²) in [5.74, 6) is -1.27. The molecule has 21 heavy (non-hydrogen) atoms. The Morgan fingerprint density at radius 2 is 1.81 bits per heavy atom. The van der Waals surface area contributed by atoms with E-state index in [1.54, 1.807) is 20.8 Å². The molecule has 0 radical (unpaired) electrons. The maximum atomic E-state index is 13.7. The molecule has 2 rings (SSSR count). The molecule has 0 spiro atoms. The third-order valence-corrected chi connectivity index (χ3v) is 3.29. The lowest BCUT2D eigenvalue weighted by Crippen LogP contribution is -2.46. The molecule has 0 N–H and O–H groups in total. The Morgan fingerprint density at radius 3 is 2.29 bits per heavy atom. The van der Waals surface area contributed by atoms with E-state index in [1.165, 1.54) is 23.1 Å². The van der Waals surface area contributed by atoms with Gasteiger partial charge in [-0.15, -0.1) is 0 Å². The van der Waals surface area contributed by atoms with Gasteiger partial charge in [0.05, 0.1) is 0 Å². The number of carbonyl (C=O) groups excluding carboxylic acids is 1. The summed E-state index contributed by atoms with van der Waals surface area (Å²) in [6, 6.07) is 2.42. The average molecular weight is 360 g/mol. The predicted octanol–water partition coefficient (Wildman–Crippen LogP) is 4.36. The van der Waals surface area contributed by atoms with Crippen molar-refractivity contribution in [1.29, 1.82) is 0 Å². The van der Waals surface area contributed by atoms with Crippen LogP contribution < -0.4 is 0 Å². The third-order valence-electron chi connectivity index (χ3n) is 2.83. The topological polar surface area (TPSA) is 29.5 Å². The monoisotopic (exact) mass is 359 g/mol. The highest BCUT2D eigenvalue weighted by Gasteiger charge is 2.29. The van der Waals surface area contributed by atoms with Gasteiger partial charge in [-0.3, -0.25) is 0 Å². The molecule has 0 bridgehead atoms. The van der Waals surface area contributed by atoms with Gasteiger partial charge in [0.15, 0.2) is 0 Å². The van der Waals surface area contributed by atoms with Gasteiger partial charge in [-0.1, -0.05) is 15.9 Å². The number of hydrogen-bond donors (Lipinski definition) is 0. The van der Waals surface area contributed by atoms with Crippen LogP contribution in [0.4, 0.5) is 13.6 Å². The van der Waals surface area contributed by atoms with Crippen molar-refractivity contribution in [2.45, 2.75) is 26.4 Å². The van der Waals surface area contributed by atoms with E-state index in [4.69, 9.17) is 4.74 Å². The number of ether oxygens (including phenoxy) is 1. The van der Waals surface area contributed by atoms with E-state index < -0.39 is 23.3 Å². The van der Waals surface area contributed by atoms with E-state index in [9.17, 15) is 13.6 Å². The summed E-state index contributed by atoms with van der Waals surface area (Å²) in [5, 5.41) is 0. The zero-order valence-corrected chi connectivity index (χ0v) is 13.6. The first-order chi connectivity index (χ1) is 9.65. The van der Waals surface area contributed by atoms with Crippen LogP contribution >= 0.6 is 15.9 Å². The lowest BCUT2D eigenvalue weighted by atomic mass is 10.0. The minimum absolute atomic E-state index is 0.0861. The summed E-state index contributed by atoms with van der Waals surface area (Å²) in [6.07, 6.45) is 1.02. The van der Waals surface area contributed by atoms with Crippen LogP contribution in [0.3, 0.4) is 0 Å². The molecule has 1 aliphatic heterocycles. The summed E-state index contributed by atoms with van der Waals surface area (Å²) in [6.45, 7) is 6.00. The highest BCUT2D eigenvalue weighted by Crippen LogP contribution is 2.25. The van der Waals surface area contributed by atoms with E-state index >= 15 is 0 Å². The number of rotatable bonds is 1. The fourth-order valence-electron chi connectivity index (χ4n) is 1.89. The highest BCUT2D eigenvalue weighted by molar-refractivity contribution is 9.10. The molecule has 0 unspecified atom stereocenters. The van der Waals surface area contributed by atoms with E-state index in [0.717, 1.165) is 5.57 Å². The number of carbonyl (C=O) groups is 1. The van der Waals surface area contributed by atoms with Crippen molar-refractivity contribution in [1.82, 2.24) is 4.90 Å². The molecule has 0 saturated carbocycles. The largest absolute Gasteiger partial charge is 0.444 e. The van der Waals surface area contributed by atoms with Gasteiger partial charge < -0.3 is 9.64 Å². The van der Waals surface area contributed by atoms with E-state index in [-0.39, 0.29) is 5.56 Å². The molecule has 1 saturated heterocycles. The highest BCUT2D eigenvalue weighted by atomic mass is 79.9. The SMILES string of the molecule is CC(C)(C)OC(=O)N1CC(=Cc2c(F)cc(Br)cc2F)C1. The Morgan fingerprint density at radius 1 is 1.29 bits per heavy atom. The lowest BCUT2D eigenvalue weighted by molar-refractivity contribution is 0.0216. The Balaban J connectivity index is 2.03. The minimum Gasteiger partial charge on any atom is -0.444 e. The van der Waals surface area contributed by atoms with Crippen LogP contribution in [0.5, 0.6) is 0 Å². The minimum atomic E-state index is -0.634. The molecule has 6 heteroatoms. The van der Waals surface area contributed by atoms with Crippen molar-refractivity contribution in [3.8, 4) is 0 Å². The zero-order chi connectivity index (χ0) is 15.8.